The Morgan fingerprint density at radius 1 is 1.05 bits per heavy atom. The molecule has 2 aromatic rings. The highest BCUT2D eigenvalue weighted by Gasteiger charge is 2.00. The van der Waals surface area contributed by atoms with E-state index in [2.05, 4.69) is 0 Å². The quantitative estimate of drug-likeness (QED) is 0.387. The lowest BCUT2D eigenvalue weighted by Crippen LogP contribution is -2.02. The highest BCUT2D eigenvalue weighted by atomic mass is 32.2. The van der Waals surface area contributed by atoms with Crippen LogP contribution in [0.5, 0.6) is 11.5 Å². The number of hydrogen-bond donors (Lipinski definition) is 2. The number of nitrogens with one attached hydrogen (secondary N) is 1. The zero-order chi connectivity index (χ0) is 13.7. The molecule has 19 heavy (non-hydrogen) atoms. The molecule has 0 amide bonds. The van der Waals surface area contributed by atoms with Gasteiger partial charge in [-0.2, -0.15) is 0 Å². The van der Waals surface area contributed by atoms with Crippen LogP contribution in [0.3, 0.4) is 0 Å². The summed E-state index contributed by atoms with van der Waals surface area (Å²) in [5, 5.41) is 7.24. The molecule has 3 N–H and O–H groups in total. The number of thioether (sulfide) groups is 1. The molecule has 96 valence electrons. The fraction of sp³-hybridized carbons (Fsp3) is 0. The van der Waals surface area contributed by atoms with Gasteiger partial charge in [-0.25, -0.2) is 0 Å². The van der Waals surface area contributed by atoms with Crippen LogP contribution in [0.4, 0.5) is 0 Å². The molecular formula is C14H12N2O2S. The highest BCUT2D eigenvalue weighted by Crippen LogP contribution is 2.25. The molecule has 0 aromatic heterocycles. The van der Waals surface area contributed by atoms with Gasteiger partial charge in [-0.05, 0) is 48.5 Å². The first-order chi connectivity index (χ1) is 9.17. The van der Waals surface area contributed by atoms with Gasteiger partial charge in [0.15, 0.2) is 5.17 Å². The number of ether oxygens (including phenoxy) is 1. The first-order valence-corrected chi connectivity index (χ1v) is 6.34. The molecule has 0 saturated heterocycles. The van der Waals surface area contributed by atoms with E-state index in [4.69, 9.17) is 15.9 Å². The van der Waals surface area contributed by atoms with Gasteiger partial charge < -0.3 is 10.5 Å². The molecule has 0 aliphatic heterocycles. The van der Waals surface area contributed by atoms with Crippen LogP contribution in [0, 0.1) is 5.41 Å². The minimum Gasteiger partial charge on any atom is -0.457 e. The van der Waals surface area contributed by atoms with E-state index in [1.165, 1.54) is 11.8 Å². The summed E-state index contributed by atoms with van der Waals surface area (Å²) in [5.74, 6) is 1.35. The summed E-state index contributed by atoms with van der Waals surface area (Å²) in [6.45, 7) is 0. The van der Waals surface area contributed by atoms with E-state index in [0.717, 1.165) is 11.2 Å². The molecule has 0 aliphatic rings. The minimum atomic E-state index is 0.0538. The summed E-state index contributed by atoms with van der Waals surface area (Å²) < 4.78 is 5.63. The van der Waals surface area contributed by atoms with Crippen molar-refractivity contribution in [1.82, 2.24) is 0 Å². The fourth-order valence-corrected chi connectivity index (χ4v) is 1.98. The average Bonchev–Trinajstić information content (AvgIpc) is 2.41. The number of hydrogen-bond acceptors (Lipinski definition) is 4. The van der Waals surface area contributed by atoms with E-state index in [1.54, 1.807) is 36.4 Å². The number of aldehydes is 1. The van der Waals surface area contributed by atoms with Crippen molar-refractivity contribution in [2.24, 2.45) is 5.73 Å². The van der Waals surface area contributed by atoms with Gasteiger partial charge in [-0.3, -0.25) is 10.2 Å². The number of benzene rings is 2. The number of rotatable bonds is 4. The molecular weight excluding hydrogens is 260 g/mol. The molecule has 0 atom stereocenters. The van der Waals surface area contributed by atoms with Crippen LogP contribution >= 0.6 is 11.8 Å². The van der Waals surface area contributed by atoms with Crippen molar-refractivity contribution in [3.05, 3.63) is 54.1 Å². The van der Waals surface area contributed by atoms with Crippen molar-refractivity contribution in [2.45, 2.75) is 4.90 Å². The first-order valence-electron chi connectivity index (χ1n) is 5.52. The van der Waals surface area contributed by atoms with Crippen molar-refractivity contribution in [1.29, 1.82) is 5.41 Å². The summed E-state index contributed by atoms with van der Waals surface area (Å²) in [6, 6.07) is 14.1. The third kappa shape index (κ3) is 3.86. The van der Waals surface area contributed by atoms with Crippen molar-refractivity contribution in [2.75, 3.05) is 0 Å². The summed E-state index contributed by atoms with van der Waals surface area (Å²) in [6.07, 6.45) is 0.789. The van der Waals surface area contributed by atoms with Crippen molar-refractivity contribution in [3.63, 3.8) is 0 Å². The van der Waals surface area contributed by atoms with Gasteiger partial charge in [0.1, 0.15) is 17.8 Å². The van der Waals surface area contributed by atoms with Crippen LogP contribution < -0.4 is 10.5 Å². The standard InChI is InChI=1S/C14H12N2O2S/c15-14(16)19-13-7-5-12(6-8-13)18-11-3-1-10(9-17)2-4-11/h1-9H,(H3,15,16). The smallest absolute Gasteiger partial charge is 0.155 e. The molecule has 0 saturated carbocycles. The van der Waals surface area contributed by atoms with Gasteiger partial charge in [-0.15, -0.1) is 0 Å². The summed E-state index contributed by atoms with van der Waals surface area (Å²) in [4.78, 5) is 11.4. The Hall–Kier alpha value is -2.27. The Kier molecular flexibility index (Phi) is 4.20. The molecule has 2 rings (SSSR count). The van der Waals surface area contributed by atoms with E-state index >= 15 is 0 Å². The van der Waals surface area contributed by atoms with E-state index in [1.807, 2.05) is 12.1 Å². The SMILES string of the molecule is N=C(N)Sc1ccc(Oc2ccc(C=O)cc2)cc1. The molecule has 0 aliphatic carbocycles. The minimum absolute atomic E-state index is 0.0538. The second-order valence-electron chi connectivity index (χ2n) is 3.73. The van der Waals surface area contributed by atoms with Crippen LogP contribution in [0.25, 0.3) is 0 Å². The van der Waals surface area contributed by atoms with Crippen LogP contribution in [-0.4, -0.2) is 11.5 Å². The molecule has 5 heteroatoms. The Morgan fingerprint density at radius 3 is 2.05 bits per heavy atom. The predicted molar refractivity (Wildman–Crippen MR) is 76.1 cm³/mol. The van der Waals surface area contributed by atoms with Gasteiger partial charge in [0, 0.05) is 10.5 Å². The number of nitrogens with two attached hydrogens (primary N) is 1. The zero-order valence-corrected chi connectivity index (χ0v) is 10.8. The molecule has 0 fully saturated rings. The lowest BCUT2D eigenvalue weighted by molar-refractivity contribution is 0.112. The van der Waals surface area contributed by atoms with Gasteiger partial charge in [-0.1, -0.05) is 11.8 Å². The van der Waals surface area contributed by atoms with E-state index in [0.29, 0.717) is 17.1 Å². The summed E-state index contributed by atoms with van der Waals surface area (Å²) >= 11 is 1.19. The van der Waals surface area contributed by atoms with Crippen LogP contribution in [0.1, 0.15) is 10.4 Å². The lowest BCUT2D eigenvalue weighted by atomic mass is 10.2. The van der Waals surface area contributed by atoms with Crippen LogP contribution in [-0.2, 0) is 0 Å². The Bertz CT molecular complexity index is 579. The van der Waals surface area contributed by atoms with E-state index in [-0.39, 0.29) is 5.17 Å². The number of carbonyl (C=O) groups excluding carboxylic acids is 1. The Balaban J connectivity index is 2.05. The molecule has 0 spiro atoms. The zero-order valence-electron chi connectivity index (χ0n) is 10.00. The van der Waals surface area contributed by atoms with Gasteiger partial charge in [0.25, 0.3) is 0 Å². The predicted octanol–water partition coefficient (Wildman–Crippen LogP) is 3.28. The summed E-state index contributed by atoms with van der Waals surface area (Å²) in [5.41, 5.74) is 5.91. The molecule has 0 bridgehead atoms. The Morgan fingerprint density at radius 2 is 1.58 bits per heavy atom. The maximum absolute atomic E-state index is 10.5. The van der Waals surface area contributed by atoms with Crippen molar-refractivity contribution >= 4 is 23.2 Å². The number of amidine groups is 1. The first kappa shape index (κ1) is 13.2. The fourth-order valence-electron chi connectivity index (χ4n) is 1.45. The maximum Gasteiger partial charge on any atom is 0.155 e. The van der Waals surface area contributed by atoms with Gasteiger partial charge in [0.2, 0.25) is 0 Å². The third-order valence-electron chi connectivity index (χ3n) is 2.30. The highest BCUT2D eigenvalue weighted by molar-refractivity contribution is 8.13. The van der Waals surface area contributed by atoms with Crippen molar-refractivity contribution in [3.8, 4) is 11.5 Å². The molecule has 2 aromatic carbocycles. The lowest BCUT2D eigenvalue weighted by Gasteiger charge is -2.06. The summed E-state index contributed by atoms with van der Waals surface area (Å²) in [7, 11) is 0. The average molecular weight is 272 g/mol. The molecule has 4 nitrogen and oxygen atoms in total. The Labute approximate surface area is 115 Å². The van der Waals surface area contributed by atoms with E-state index < -0.39 is 0 Å². The topological polar surface area (TPSA) is 76.2 Å². The molecule has 0 heterocycles. The molecule has 0 radical (unpaired) electrons. The maximum atomic E-state index is 10.5. The second kappa shape index (κ2) is 6.06. The monoisotopic (exact) mass is 272 g/mol. The normalized spacial score (nSPS) is 9.89. The van der Waals surface area contributed by atoms with E-state index in [9.17, 15) is 4.79 Å². The third-order valence-corrected chi connectivity index (χ3v) is 3.03. The van der Waals surface area contributed by atoms with Crippen LogP contribution in [0.2, 0.25) is 0 Å². The van der Waals surface area contributed by atoms with Gasteiger partial charge >= 0.3 is 0 Å². The van der Waals surface area contributed by atoms with Crippen LogP contribution in [0.15, 0.2) is 53.4 Å². The van der Waals surface area contributed by atoms with Gasteiger partial charge in [0.05, 0.1) is 0 Å². The second-order valence-corrected chi connectivity index (χ2v) is 4.84. The largest absolute Gasteiger partial charge is 0.457 e. The molecule has 0 unspecified atom stereocenters. The number of carbonyl (C=O) groups is 1. The van der Waals surface area contributed by atoms with Crippen molar-refractivity contribution < 1.29 is 9.53 Å².